The molecule has 0 saturated carbocycles. The van der Waals surface area contributed by atoms with Gasteiger partial charge < -0.3 is 30.7 Å². The summed E-state index contributed by atoms with van der Waals surface area (Å²) in [6, 6.07) is 18.3. The van der Waals surface area contributed by atoms with Gasteiger partial charge in [-0.25, -0.2) is 4.98 Å². The number of fused-ring (bicyclic) bond motifs is 1. The van der Waals surface area contributed by atoms with Crippen LogP contribution in [0.2, 0.25) is 0 Å². The summed E-state index contributed by atoms with van der Waals surface area (Å²) in [6.45, 7) is 3.95. The van der Waals surface area contributed by atoms with Gasteiger partial charge in [-0.15, -0.1) is 0 Å². The van der Waals surface area contributed by atoms with E-state index >= 15 is 0 Å². The molecule has 2 aromatic carbocycles. The van der Waals surface area contributed by atoms with Crippen LogP contribution in [-0.4, -0.2) is 43.8 Å². The number of primary amides is 1. The smallest absolute Gasteiger partial charge is 0.221 e. The van der Waals surface area contributed by atoms with E-state index in [1.54, 1.807) is 6.20 Å². The van der Waals surface area contributed by atoms with E-state index in [0.717, 1.165) is 61.0 Å². The zero-order valence-electron chi connectivity index (χ0n) is 19.0. The standard InChI is InChI=1S/C26H29N5O3/c27-25(32)15-18-17-28-26(29-19-5-7-20(8-6-19)31-10-13-33-14-11-31)16-23(18)30-22-9-12-34-24-4-2-1-3-21(22)24/h1-8,16-17,22H,9-15H2,(H2,27,32)(H2,28,29,30). The fourth-order valence-corrected chi connectivity index (χ4v) is 4.42. The first-order valence-corrected chi connectivity index (χ1v) is 11.6. The highest BCUT2D eigenvalue weighted by molar-refractivity contribution is 5.79. The molecule has 1 saturated heterocycles. The van der Waals surface area contributed by atoms with Crippen LogP contribution >= 0.6 is 0 Å². The summed E-state index contributed by atoms with van der Waals surface area (Å²) in [7, 11) is 0. The number of aromatic nitrogens is 1. The number of morpholine rings is 1. The number of carbonyl (C=O) groups is 1. The summed E-state index contributed by atoms with van der Waals surface area (Å²) in [5, 5.41) is 6.98. The molecular weight excluding hydrogens is 430 g/mol. The van der Waals surface area contributed by atoms with Gasteiger partial charge >= 0.3 is 0 Å². The van der Waals surface area contributed by atoms with Crippen molar-refractivity contribution in [1.82, 2.24) is 4.98 Å². The number of hydrogen-bond donors (Lipinski definition) is 3. The molecule has 1 amide bonds. The molecule has 0 spiro atoms. The zero-order chi connectivity index (χ0) is 23.3. The van der Waals surface area contributed by atoms with Crippen molar-refractivity contribution in [1.29, 1.82) is 0 Å². The molecule has 1 fully saturated rings. The van der Waals surface area contributed by atoms with Crippen molar-refractivity contribution in [3.63, 3.8) is 0 Å². The molecule has 34 heavy (non-hydrogen) atoms. The van der Waals surface area contributed by atoms with Gasteiger partial charge in [-0.2, -0.15) is 0 Å². The fraction of sp³-hybridized carbons (Fsp3) is 0.308. The molecule has 3 aromatic rings. The monoisotopic (exact) mass is 459 g/mol. The fourth-order valence-electron chi connectivity index (χ4n) is 4.42. The molecule has 1 unspecified atom stereocenters. The Balaban J connectivity index is 1.36. The molecule has 0 radical (unpaired) electrons. The van der Waals surface area contributed by atoms with Crippen LogP contribution in [-0.2, 0) is 16.0 Å². The Hall–Kier alpha value is -3.78. The van der Waals surface area contributed by atoms with Crippen LogP contribution < -0.4 is 26.0 Å². The third-order valence-electron chi connectivity index (χ3n) is 6.16. The molecule has 8 nitrogen and oxygen atoms in total. The van der Waals surface area contributed by atoms with Gasteiger partial charge in [-0.05, 0) is 30.3 Å². The molecule has 5 rings (SSSR count). The average molecular weight is 460 g/mol. The number of pyridine rings is 1. The van der Waals surface area contributed by atoms with Crippen LogP contribution in [0.15, 0.2) is 60.8 Å². The lowest BCUT2D eigenvalue weighted by atomic mass is 9.99. The van der Waals surface area contributed by atoms with Crippen LogP contribution in [0.25, 0.3) is 0 Å². The summed E-state index contributed by atoms with van der Waals surface area (Å²) < 4.78 is 11.2. The highest BCUT2D eigenvalue weighted by Gasteiger charge is 2.22. The second-order valence-corrected chi connectivity index (χ2v) is 8.51. The topological polar surface area (TPSA) is 102 Å². The minimum atomic E-state index is -0.392. The van der Waals surface area contributed by atoms with Gasteiger partial charge in [0.25, 0.3) is 0 Å². The Morgan fingerprint density at radius 2 is 1.88 bits per heavy atom. The largest absolute Gasteiger partial charge is 0.493 e. The van der Waals surface area contributed by atoms with Crippen LogP contribution in [0, 0.1) is 0 Å². The molecule has 1 atom stereocenters. The van der Waals surface area contributed by atoms with E-state index in [4.69, 9.17) is 15.2 Å². The molecule has 176 valence electrons. The number of nitrogens with two attached hydrogens (primary N) is 1. The molecule has 1 aromatic heterocycles. The third-order valence-corrected chi connectivity index (χ3v) is 6.16. The predicted molar refractivity (Wildman–Crippen MR) is 133 cm³/mol. The van der Waals surface area contributed by atoms with E-state index < -0.39 is 5.91 Å². The van der Waals surface area contributed by atoms with E-state index in [2.05, 4.69) is 38.7 Å². The number of hydrogen-bond acceptors (Lipinski definition) is 7. The molecule has 2 aliphatic heterocycles. The predicted octanol–water partition coefficient (Wildman–Crippen LogP) is 3.63. The van der Waals surface area contributed by atoms with Gasteiger partial charge in [0, 0.05) is 60.0 Å². The van der Waals surface area contributed by atoms with E-state index in [9.17, 15) is 4.79 Å². The normalized spacial score (nSPS) is 17.4. The quantitative estimate of drug-likeness (QED) is 0.496. The maximum atomic E-state index is 11.7. The summed E-state index contributed by atoms with van der Waals surface area (Å²) in [4.78, 5) is 18.5. The van der Waals surface area contributed by atoms with Crippen molar-refractivity contribution >= 4 is 28.8 Å². The van der Waals surface area contributed by atoms with Gasteiger partial charge in [-0.3, -0.25) is 4.79 Å². The number of amides is 1. The number of nitrogens with one attached hydrogen (secondary N) is 2. The molecule has 3 heterocycles. The molecule has 2 aliphatic rings. The number of rotatable bonds is 7. The van der Waals surface area contributed by atoms with Gasteiger partial charge in [0.1, 0.15) is 11.6 Å². The number of anilines is 4. The Labute approximate surface area is 199 Å². The lowest BCUT2D eigenvalue weighted by molar-refractivity contribution is -0.117. The first-order valence-electron chi connectivity index (χ1n) is 11.6. The van der Waals surface area contributed by atoms with Crippen LogP contribution in [0.5, 0.6) is 5.75 Å². The number of benzene rings is 2. The van der Waals surface area contributed by atoms with Crippen molar-refractivity contribution in [2.24, 2.45) is 5.73 Å². The van der Waals surface area contributed by atoms with Crippen molar-refractivity contribution in [2.45, 2.75) is 18.9 Å². The number of ether oxygens (including phenoxy) is 2. The average Bonchev–Trinajstić information content (AvgIpc) is 2.87. The van der Waals surface area contributed by atoms with Crippen molar-refractivity contribution < 1.29 is 14.3 Å². The summed E-state index contributed by atoms with van der Waals surface area (Å²) >= 11 is 0. The van der Waals surface area contributed by atoms with Gasteiger partial charge in [-0.1, -0.05) is 18.2 Å². The van der Waals surface area contributed by atoms with Gasteiger partial charge in [0.2, 0.25) is 5.91 Å². The Bertz CT molecular complexity index is 1150. The maximum absolute atomic E-state index is 11.7. The lowest BCUT2D eigenvalue weighted by Crippen LogP contribution is -2.36. The number of para-hydroxylation sites is 1. The second kappa shape index (κ2) is 10.0. The molecule has 4 N–H and O–H groups in total. The number of carbonyl (C=O) groups excluding carboxylic acids is 1. The molecule has 0 bridgehead atoms. The molecular formula is C26H29N5O3. The molecule has 0 aliphatic carbocycles. The third kappa shape index (κ3) is 5.07. The first kappa shape index (κ1) is 22.0. The van der Waals surface area contributed by atoms with Gasteiger partial charge in [0.15, 0.2) is 0 Å². The van der Waals surface area contributed by atoms with Crippen molar-refractivity contribution in [3.05, 3.63) is 71.9 Å². The summed E-state index contributed by atoms with van der Waals surface area (Å²) in [6.07, 6.45) is 2.65. The Kier molecular flexibility index (Phi) is 6.49. The van der Waals surface area contributed by atoms with E-state index in [1.807, 2.05) is 36.4 Å². The van der Waals surface area contributed by atoms with Crippen LogP contribution in [0.3, 0.4) is 0 Å². The zero-order valence-corrected chi connectivity index (χ0v) is 19.0. The highest BCUT2D eigenvalue weighted by atomic mass is 16.5. The first-order chi connectivity index (χ1) is 16.7. The van der Waals surface area contributed by atoms with E-state index in [0.29, 0.717) is 12.4 Å². The lowest BCUT2D eigenvalue weighted by Gasteiger charge is -2.29. The second-order valence-electron chi connectivity index (χ2n) is 8.51. The molecule has 8 heteroatoms. The highest BCUT2D eigenvalue weighted by Crippen LogP contribution is 2.35. The van der Waals surface area contributed by atoms with E-state index in [-0.39, 0.29) is 12.5 Å². The van der Waals surface area contributed by atoms with Crippen molar-refractivity contribution in [3.8, 4) is 5.75 Å². The maximum Gasteiger partial charge on any atom is 0.221 e. The Morgan fingerprint density at radius 1 is 1.09 bits per heavy atom. The number of nitrogens with zero attached hydrogens (tertiary/aromatic N) is 2. The summed E-state index contributed by atoms with van der Waals surface area (Å²) in [5.74, 6) is 1.18. The minimum absolute atomic E-state index is 0.0691. The van der Waals surface area contributed by atoms with E-state index in [1.165, 1.54) is 5.69 Å². The summed E-state index contributed by atoms with van der Waals surface area (Å²) in [5.41, 5.74) is 10.3. The minimum Gasteiger partial charge on any atom is -0.493 e. The van der Waals surface area contributed by atoms with Gasteiger partial charge in [0.05, 0.1) is 32.3 Å². The SMILES string of the molecule is NC(=O)Cc1cnc(Nc2ccc(N3CCOCC3)cc2)cc1NC1CCOc2ccccc21. The van der Waals surface area contributed by atoms with Crippen LogP contribution in [0.1, 0.15) is 23.6 Å². The van der Waals surface area contributed by atoms with Crippen molar-refractivity contribution in [2.75, 3.05) is 48.4 Å². The van der Waals surface area contributed by atoms with Crippen LogP contribution in [0.4, 0.5) is 22.9 Å². The Morgan fingerprint density at radius 3 is 2.68 bits per heavy atom.